The first kappa shape index (κ1) is 47.8. The van der Waals surface area contributed by atoms with Crippen LogP contribution < -0.4 is 28.4 Å². The molecule has 318 valence electrons. The summed E-state index contributed by atoms with van der Waals surface area (Å²) in [5.74, 6) is 6.81. The molecule has 0 saturated carbocycles. The molecule has 0 N–H and O–H groups in total. The number of unbranched alkanes of at least 4 members (excludes halogenated alkanes) is 4. The van der Waals surface area contributed by atoms with Crippen LogP contribution in [0, 0.1) is 23.7 Å². The molecule has 0 aliphatic carbocycles. The van der Waals surface area contributed by atoms with Crippen molar-refractivity contribution in [2.24, 2.45) is 23.7 Å². The number of rotatable bonds is 32. The van der Waals surface area contributed by atoms with Gasteiger partial charge in [-0.15, -0.1) is 22.7 Å². The quantitative estimate of drug-likeness (QED) is 0.0626. The van der Waals surface area contributed by atoms with Crippen LogP contribution in [-0.4, -0.2) is 40.6 Å². The highest BCUT2D eigenvalue weighted by molar-refractivity contribution is 7.14. The van der Waals surface area contributed by atoms with Gasteiger partial charge in [0.15, 0.2) is 23.0 Å². The largest absolute Gasteiger partial charge is 0.496 e. The van der Waals surface area contributed by atoms with Crippen molar-refractivity contribution in [3.8, 4) is 55.4 Å². The van der Waals surface area contributed by atoms with E-state index in [0.717, 1.165) is 93.9 Å². The molecule has 4 atom stereocenters. The molecule has 0 bridgehead atoms. The fraction of sp³-hybridized carbons (Fsp3) is 0.708. The van der Waals surface area contributed by atoms with Crippen LogP contribution in [0.15, 0.2) is 22.9 Å². The van der Waals surface area contributed by atoms with Crippen LogP contribution in [0.5, 0.6) is 34.5 Å². The van der Waals surface area contributed by atoms with Crippen LogP contribution >= 0.6 is 22.7 Å². The van der Waals surface area contributed by atoms with E-state index in [2.05, 4.69) is 78.3 Å². The Morgan fingerprint density at radius 3 is 1.00 bits per heavy atom. The summed E-state index contributed by atoms with van der Waals surface area (Å²) in [6, 6.07) is 4.22. The Bertz CT molecular complexity index is 1370. The summed E-state index contributed by atoms with van der Waals surface area (Å²) in [5, 5.41) is 4.23. The second kappa shape index (κ2) is 27.2. The lowest BCUT2D eigenvalue weighted by molar-refractivity contribution is 0.201. The van der Waals surface area contributed by atoms with Crippen LogP contribution in [0.1, 0.15) is 158 Å². The smallest absolute Gasteiger partial charge is 0.179 e. The molecule has 6 nitrogen and oxygen atoms in total. The Labute approximate surface area is 350 Å². The molecule has 3 aromatic rings. The molecule has 2 heterocycles. The highest BCUT2D eigenvalue weighted by Gasteiger charge is 2.27. The van der Waals surface area contributed by atoms with E-state index in [1.165, 1.54) is 64.2 Å². The molecule has 0 radical (unpaired) electrons. The number of thiophene rings is 2. The van der Waals surface area contributed by atoms with E-state index in [1.807, 2.05) is 0 Å². The molecule has 56 heavy (non-hydrogen) atoms. The van der Waals surface area contributed by atoms with E-state index in [0.29, 0.717) is 50.1 Å². The van der Waals surface area contributed by atoms with Crippen molar-refractivity contribution in [1.29, 1.82) is 0 Å². The summed E-state index contributed by atoms with van der Waals surface area (Å²) in [6.45, 7) is 20.8. The standard InChI is InChI=1S/C48H78O6S2/c1-11-19-23-35(15-5)29-51-43-33-55-47(45(43)53-31-37(17-7)25-21-13-3)39-27-42(50-10)40(28-41(39)49-9)48-46(54-32-38(18-8)26-22-14-4)44(34-56-48)52-30-36(16-6)24-20-12-2/h27-28,33-38H,11-26,29-32H2,1-10H3. The van der Waals surface area contributed by atoms with E-state index in [1.54, 1.807) is 36.9 Å². The van der Waals surface area contributed by atoms with Gasteiger partial charge in [-0.3, -0.25) is 0 Å². The van der Waals surface area contributed by atoms with Crippen LogP contribution in [-0.2, 0) is 0 Å². The summed E-state index contributed by atoms with van der Waals surface area (Å²) in [7, 11) is 3.50. The van der Waals surface area contributed by atoms with Gasteiger partial charge in [-0.25, -0.2) is 0 Å². The molecule has 4 unspecified atom stereocenters. The highest BCUT2D eigenvalue weighted by atomic mass is 32.1. The monoisotopic (exact) mass is 815 g/mol. The molecule has 0 fully saturated rings. The van der Waals surface area contributed by atoms with Gasteiger partial charge >= 0.3 is 0 Å². The third kappa shape index (κ3) is 14.4. The van der Waals surface area contributed by atoms with E-state index in [4.69, 9.17) is 28.4 Å². The van der Waals surface area contributed by atoms with Crippen LogP contribution in [0.3, 0.4) is 0 Å². The Morgan fingerprint density at radius 1 is 0.429 bits per heavy atom. The first-order valence-electron chi connectivity index (χ1n) is 22.4. The fourth-order valence-electron chi connectivity index (χ4n) is 7.17. The predicted octanol–water partition coefficient (Wildman–Crippen LogP) is 15.5. The summed E-state index contributed by atoms with van der Waals surface area (Å²) in [6.07, 6.45) is 18.7. The van der Waals surface area contributed by atoms with Crippen molar-refractivity contribution in [2.45, 2.75) is 158 Å². The van der Waals surface area contributed by atoms with E-state index in [-0.39, 0.29) is 0 Å². The molecular formula is C48H78O6S2. The second-order valence-corrected chi connectivity index (χ2v) is 17.4. The molecule has 0 aliphatic heterocycles. The molecule has 1 aromatic carbocycles. The van der Waals surface area contributed by atoms with Gasteiger partial charge in [-0.05, 0) is 61.5 Å². The first-order valence-corrected chi connectivity index (χ1v) is 24.1. The van der Waals surface area contributed by atoms with Gasteiger partial charge in [0.05, 0.1) is 50.4 Å². The molecule has 3 rings (SSSR count). The lowest BCUT2D eigenvalue weighted by atomic mass is 10.0. The van der Waals surface area contributed by atoms with Crippen molar-refractivity contribution in [3.05, 3.63) is 22.9 Å². The fourth-order valence-corrected chi connectivity index (χ4v) is 9.08. The SMILES string of the molecule is CCCCC(CC)COc1csc(-c2cc(OC)c(-c3scc(OCC(CC)CCCC)c3OCC(CC)CCCC)cc2OC)c1OCC(CC)CCCC. The summed E-state index contributed by atoms with van der Waals surface area (Å²) >= 11 is 3.30. The maximum Gasteiger partial charge on any atom is 0.179 e. The maximum absolute atomic E-state index is 6.80. The average molecular weight is 815 g/mol. The van der Waals surface area contributed by atoms with Gasteiger partial charge in [-0.1, -0.05) is 132 Å². The molecule has 2 aromatic heterocycles. The van der Waals surface area contributed by atoms with Crippen molar-refractivity contribution < 1.29 is 28.4 Å². The Morgan fingerprint density at radius 2 is 0.732 bits per heavy atom. The van der Waals surface area contributed by atoms with Gasteiger partial charge in [0.25, 0.3) is 0 Å². The summed E-state index contributed by atoms with van der Waals surface area (Å²) in [4.78, 5) is 2.00. The third-order valence-corrected chi connectivity index (χ3v) is 13.4. The van der Waals surface area contributed by atoms with Crippen LogP contribution in [0.4, 0.5) is 0 Å². The van der Waals surface area contributed by atoms with Gasteiger partial charge in [0, 0.05) is 21.9 Å². The molecule has 0 saturated heterocycles. The number of hydrogen-bond acceptors (Lipinski definition) is 8. The minimum absolute atomic E-state index is 0.490. The minimum Gasteiger partial charge on any atom is -0.496 e. The van der Waals surface area contributed by atoms with Crippen LogP contribution in [0.25, 0.3) is 20.9 Å². The zero-order chi connectivity index (χ0) is 40.7. The van der Waals surface area contributed by atoms with Crippen LogP contribution in [0.2, 0.25) is 0 Å². The number of benzene rings is 1. The number of methoxy groups -OCH3 is 2. The topological polar surface area (TPSA) is 55.4 Å². The summed E-state index contributed by atoms with van der Waals surface area (Å²) < 4.78 is 39.2. The molecule has 0 aliphatic rings. The van der Waals surface area contributed by atoms with Crippen molar-refractivity contribution in [2.75, 3.05) is 40.6 Å². The van der Waals surface area contributed by atoms with Gasteiger partial charge in [0.1, 0.15) is 11.5 Å². The van der Waals surface area contributed by atoms with Crippen molar-refractivity contribution >= 4 is 22.7 Å². The lowest BCUT2D eigenvalue weighted by Gasteiger charge is -2.21. The molecule has 8 heteroatoms. The molecule has 0 spiro atoms. The van der Waals surface area contributed by atoms with Gasteiger partial charge < -0.3 is 28.4 Å². The minimum atomic E-state index is 0.490. The lowest BCUT2D eigenvalue weighted by Crippen LogP contribution is -2.14. The van der Waals surface area contributed by atoms with Crippen molar-refractivity contribution in [1.82, 2.24) is 0 Å². The Hall–Kier alpha value is -2.58. The maximum atomic E-state index is 6.80. The predicted molar refractivity (Wildman–Crippen MR) is 241 cm³/mol. The normalized spacial score (nSPS) is 13.6. The third-order valence-electron chi connectivity index (χ3n) is 11.5. The molecule has 0 amide bonds. The highest BCUT2D eigenvalue weighted by Crippen LogP contribution is 2.53. The summed E-state index contributed by atoms with van der Waals surface area (Å²) in [5.41, 5.74) is 1.87. The molecular weight excluding hydrogens is 737 g/mol. The van der Waals surface area contributed by atoms with Gasteiger partial charge in [-0.2, -0.15) is 0 Å². The van der Waals surface area contributed by atoms with E-state index < -0.39 is 0 Å². The zero-order valence-electron chi connectivity index (χ0n) is 37.0. The van der Waals surface area contributed by atoms with Gasteiger partial charge in [0.2, 0.25) is 0 Å². The average Bonchev–Trinajstić information content (AvgIpc) is 3.83. The second-order valence-electron chi connectivity index (χ2n) is 15.7. The first-order chi connectivity index (χ1) is 27.4. The van der Waals surface area contributed by atoms with Crippen molar-refractivity contribution in [3.63, 3.8) is 0 Å². The van der Waals surface area contributed by atoms with E-state index in [9.17, 15) is 0 Å². The van der Waals surface area contributed by atoms with E-state index >= 15 is 0 Å². The zero-order valence-corrected chi connectivity index (χ0v) is 38.7. The Kier molecular flexibility index (Phi) is 23.2. The number of hydrogen-bond donors (Lipinski definition) is 0. The Balaban J connectivity index is 2.10. The number of ether oxygens (including phenoxy) is 6.